The molecule has 0 spiro atoms. The van der Waals surface area contributed by atoms with Crippen molar-refractivity contribution in [2.24, 2.45) is 0 Å². The molecule has 19 heavy (non-hydrogen) atoms. The van der Waals surface area contributed by atoms with Gasteiger partial charge < -0.3 is 0 Å². The fraction of sp³-hybridized carbons (Fsp3) is 0.538. The van der Waals surface area contributed by atoms with E-state index >= 15 is 0 Å². The van der Waals surface area contributed by atoms with Crippen molar-refractivity contribution in [2.75, 3.05) is 19.6 Å². The van der Waals surface area contributed by atoms with E-state index in [0.717, 1.165) is 24.8 Å². The summed E-state index contributed by atoms with van der Waals surface area (Å²) in [6, 6.07) is 9.48. The molecule has 1 aliphatic heterocycles. The average Bonchev–Trinajstić information content (AvgIpc) is 2.47. The van der Waals surface area contributed by atoms with E-state index in [1.165, 1.54) is 4.31 Å². The summed E-state index contributed by atoms with van der Waals surface area (Å²) in [5.74, 6) is 0. The number of piperidine rings is 1. The topological polar surface area (TPSA) is 49.4 Å². The number of halogens is 1. The van der Waals surface area contributed by atoms with Crippen molar-refractivity contribution < 1.29 is 8.42 Å². The van der Waals surface area contributed by atoms with Crippen LogP contribution in [0, 0.1) is 0 Å². The first-order chi connectivity index (χ1) is 9.09. The molecule has 0 amide bonds. The van der Waals surface area contributed by atoms with Gasteiger partial charge in [-0.3, -0.25) is 0 Å². The summed E-state index contributed by atoms with van der Waals surface area (Å²) in [7, 11) is -3.39. The van der Waals surface area contributed by atoms with Gasteiger partial charge in [0.2, 0.25) is 0 Å². The van der Waals surface area contributed by atoms with E-state index < -0.39 is 10.2 Å². The lowest BCUT2D eigenvalue weighted by atomic mass is 10.1. The van der Waals surface area contributed by atoms with E-state index in [-0.39, 0.29) is 11.9 Å². The molecule has 6 heteroatoms. The maximum absolute atomic E-state index is 12.1. The van der Waals surface area contributed by atoms with Crippen molar-refractivity contribution in [3.05, 3.63) is 35.9 Å². The fourth-order valence-electron chi connectivity index (χ4n) is 2.15. The molecule has 4 nitrogen and oxygen atoms in total. The zero-order chi connectivity index (χ0) is 13.7. The summed E-state index contributed by atoms with van der Waals surface area (Å²) in [4.78, 5) is 0. The Kier molecular flexibility index (Phi) is 5.21. The molecule has 1 unspecified atom stereocenters. The van der Waals surface area contributed by atoms with Crippen LogP contribution in [0.4, 0.5) is 0 Å². The molecule has 0 saturated carbocycles. The van der Waals surface area contributed by atoms with Crippen molar-refractivity contribution in [3.8, 4) is 0 Å². The van der Waals surface area contributed by atoms with Gasteiger partial charge in [-0.05, 0) is 18.4 Å². The second-order valence-corrected chi connectivity index (χ2v) is 6.97. The van der Waals surface area contributed by atoms with Gasteiger partial charge in [0.25, 0.3) is 10.2 Å². The molecule has 0 aromatic heterocycles. The van der Waals surface area contributed by atoms with E-state index in [1.807, 2.05) is 30.3 Å². The zero-order valence-electron chi connectivity index (χ0n) is 10.8. The Balaban J connectivity index is 1.90. The fourth-order valence-corrected chi connectivity index (χ4v) is 3.77. The van der Waals surface area contributed by atoms with Crippen molar-refractivity contribution in [3.63, 3.8) is 0 Å². The van der Waals surface area contributed by atoms with Gasteiger partial charge in [0.1, 0.15) is 0 Å². The van der Waals surface area contributed by atoms with Crippen molar-refractivity contribution in [1.29, 1.82) is 0 Å². The van der Waals surface area contributed by atoms with Crippen LogP contribution in [0.1, 0.15) is 30.2 Å². The van der Waals surface area contributed by atoms with Crippen molar-refractivity contribution in [2.45, 2.75) is 24.6 Å². The highest BCUT2D eigenvalue weighted by molar-refractivity contribution is 7.87. The van der Waals surface area contributed by atoms with E-state index in [4.69, 9.17) is 11.6 Å². The Morgan fingerprint density at radius 3 is 2.42 bits per heavy atom. The van der Waals surface area contributed by atoms with Gasteiger partial charge in [0.15, 0.2) is 0 Å². The highest BCUT2D eigenvalue weighted by atomic mass is 35.5. The Morgan fingerprint density at radius 2 is 1.79 bits per heavy atom. The van der Waals surface area contributed by atoms with Gasteiger partial charge >= 0.3 is 0 Å². The number of nitrogens with zero attached hydrogens (tertiary/aromatic N) is 1. The van der Waals surface area contributed by atoms with Crippen LogP contribution in [-0.2, 0) is 10.2 Å². The van der Waals surface area contributed by atoms with Gasteiger partial charge in [0, 0.05) is 19.6 Å². The predicted molar refractivity (Wildman–Crippen MR) is 77.4 cm³/mol. The molecule has 1 N–H and O–H groups in total. The molecule has 1 aliphatic rings. The Morgan fingerprint density at radius 1 is 1.16 bits per heavy atom. The van der Waals surface area contributed by atoms with Crippen LogP contribution in [0.3, 0.4) is 0 Å². The predicted octanol–water partition coefficient (Wildman–Crippen LogP) is 2.29. The van der Waals surface area contributed by atoms with Crippen LogP contribution in [0.2, 0.25) is 0 Å². The van der Waals surface area contributed by atoms with Gasteiger partial charge in [0.05, 0.1) is 5.38 Å². The highest BCUT2D eigenvalue weighted by Gasteiger charge is 2.24. The first-order valence-corrected chi connectivity index (χ1v) is 8.41. The van der Waals surface area contributed by atoms with Crippen molar-refractivity contribution in [1.82, 2.24) is 9.03 Å². The number of rotatable bonds is 5. The average molecular weight is 303 g/mol. The monoisotopic (exact) mass is 302 g/mol. The number of benzene rings is 1. The number of hydrogen-bond acceptors (Lipinski definition) is 2. The van der Waals surface area contributed by atoms with Crippen LogP contribution in [0.25, 0.3) is 0 Å². The van der Waals surface area contributed by atoms with Gasteiger partial charge in [-0.25, -0.2) is 4.72 Å². The lowest BCUT2D eigenvalue weighted by Gasteiger charge is -2.26. The summed E-state index contributed by atoms with van der Waals surface area (Å²) in [5.41, 5.74) is 0.922. The molecular weight excluding hydrogens is 284 g/mol. The molecule has 0 bridgehead atoms. The summed E-state index contributed by atoms with van der Waals surface area (Å²) in [5, 5.41) is -0.347. The summed E-state index contributed by atoms with van der Waals surface area (Å²) in [6.07, 6.45) is 2.97. The zero-order valence-corrected chi connectivity index (χ0v) is 12.3. The van der Waals surface area contributed by atoms with E-state index in [9.17, 15) is 8.42 Å². The second-order valence-electron chi connectivity index (χ2n) is 4.69. The number of alkyl halides is 1. The first kappa shape index (κ1) is 14.8. The van der Waals surface area contributed by atoms with Gasteiger partial charge in [-0.15, -0.1) is 11.6 Å². The molecule has 106 valence electrons. The van der Waals surface area contributed by atoms with Crippen LogP contribution < -0.4 is 4.72 Å². The minimum Gasteiger partial charge on any atom is -0.200 e. The lowest BCUT2D eigenvalue weighted by molar-refractivity contribution is 0.342. The molecular formula is C13H19ClN2O2S. The smallest absolute Gasteiger partial charge is 0.200 e. The maximum Gasteiger partial charge on any atom is 0.279 e. The Labute approximate surface area is 119 Å². The molecule has 1 fully saturated rings. The minimum absolute atomic E-state index is 0.213. The number of hydrogen-bond donors (Lipinski definition) is 1. The van der Waals surface area contributed by atoms with Gasteiger partial charge in [-0.2, -0.15) is 12.7 Å². The number of nitrogens with one attached hydrogen (secondary N) is 1. The summed E-state index contributed by atoms with van der Waals surface area (Å²) >= 11 is 6.21. The normalized spacial score (nSPS) is 19.2. The van der Waals surface area contributed by atoms with E-state index in [1.54, 1.807) is 0 Å². The van der Waals surface area contributed by atoms with Crippen LogP contribution in [0.5, 0.6) is 0 Å². The first-order valence-electron chi connectivity index (χ1n) is 6.53. The summed E-state index contributed by atoms with van der Waals surface area (Å²) < 4.78 is 28.3. The molecule has 1 heterocycles. The van der Waals surface area contributed by atoms with Crippen LogP contribution in [-0.4, -0.2) is 32.4 Å². The molecule has 0 radical (unpaired) electrons. The lowest BCUT2D eigenvalue weighted by Crippen LogP contribution is -2.44. The van der Waals surface area contributed by atoms with Crippen LogP contribution >= 0.6 is 11.6 Å². The molecule has 1 aromatic rings. The van der Waals surface area contributed by atoms with Gasteiger partial charge in [-0.1, -0.05) is 36.8 Å². The molecule has 1 atom stereocenters. The SMILES string of the molecule is O=S(=O)(NCC(Cl)c1ccccc1)N1CCCCC1. The van der Waals surface area contributed by atoms with Crippen molar-refractivity contribution >= 4 is 21.8 Å². The van der Waals surface area contributed by atoms with Crippen LogP contribution in [0.15, 0.2) is 30.3 Å². The third-order valence-electron chi connectivity index (χ3n) is 3.26. The Bertz CT molecular complexity index is 487. The molecule has 1 aromatic carbocycles. The molecule has 1 saturated heterocycles. The third kappa shape index (κ3) is 4.18. The molecule has 2 rings (SSSR count). The Hall–Kier alpha value is -0.620. The summed E-state index contributed by atoms with van der Waals surface area (Å²) in [6.45, 7) is 1.42. The maximum atomic E-state index is 12.1. The second kappa shape index (κ2) is 6.70. The quantitative estimate of drug-likeness (QED) is 0.848. The van der Waals surface area contributed by atoms with E-state index in [0.29, 0.717) is 13.1 Å². The standard InChI is InChI=1S/C13H19ClN2O2S/c14-13(12-7-3-1-4-8-12)11-15-19(17,18)16-9-5-2-6-10-16/h1,3-4,7-8,13,15H,2,5-6,9-11H2. The highest BCUT2D eigenvalue weighted by Crippen LogP contribution is 2.19. The minimum atomic E-state index is -3.39. The third-order valence-corrected chi connectivity index (χ3v) is 5.24. The molecule has 0 aliphatic carbocycles. The largest absolute Gasteiger partial charge is 0.279 e. The van der Waals surface area contributed by atoms with E-state index in [2.05, 4.69) is 4.72 Å².